The topological polar surface area (TPSA) is 158 Å². The van der Waals surface area contributed by atoms with Gasteiger partial charge in [0.15, 0.2) is 0 Å². The first-order valence-electron chi connectivity index (χ1n) is 29.2. The molecule has 4 bridgehead atoms. The Morgan fingerprint density at radius 2 is 0.958 bits per heavy atom. The molecule has 8 rings (SSSR count). The number of esters is 6. The van der Waals surface area contributed by atoms with Crippen molar-refractivity contribution in [2.75, 3.05) is 26.4 Å². The number of hydrogen-bond acceptors (Lipinski definition) is 12. The third-order valence-electron chi connectivity index (χ3n) is 22.1. The van der Waals surface area contributed by atoms with Crippen LogP contribution in [0.3, 0.4) is 0 Å². The summed E-state index contributed by atoms with van der Waals surface area (Å²) in [5.41, 5.74) is 0.436. The molecule has 8 saturated carbocycles. The number of rotatable bonds is 22. The van der Waals surface area contributed by atoms with Crippen LogP contribution >= 0.6 is 0 Å². The van der Waals surface area contributed by atoms with Crippen molar-refractivity contribution >= 4 is 35.8 Å². The molecule has 12 nitrogen and oxygen atoms in total. The standard InChI is InChI=1S/C60H94O12/c1-41-18-14-25-56(5)43(41)21-30-59-37-47(54(3,39-59)28-22-45(56)59)71-49(62)19-12-10-8-9-11-13-20-50(63)72-48-38-60-31-24-44-57(6,46(60)23-29-55(48,4)40-60)26-15-27-58(44,7)53(66)70-35-17-34-69-52(65)36-51(64)68-33-16-32-67-42(2)61/h41,43-48H,8-40H2,1-7H3/t41-,43?,44?,45?,46?,47+,48-,54-,55+,56+,57-,58-,59-,60+/m1/s1. The van der Waals surface area contributed by atoms with E-state index in [0.717, 1.165) is 120 Å². The average molecular weight is 1010 g/mol. The van der Waals surface area contributed by atoms with Crippen LogP contribution in [0, 0.1) is 67.5 Å². The summed E-state index contributed by atoms with van der Waals surface area (Å²) in [5, 5.41) is 0. The molecule has 0 radical (unpaired) electrons. The van der Waals surface area contributed by atoms with Crippen molar-refractivity contribution in [2.45, 2.75) is 247 Å². The number of ether oxygens (including phenoxy) is 6. The zero-order chi connectivity index (χ0) is 51.6. The summed E-state index contributed by atoms with van der Waals surface area (Å²) < 4.78 is 33.7. The minimum Gasteiger partial charge on any atom is -0.466 e. The molecule has 12 heteroatoms. The van der Waals surface area contributed by atoms with E-state index in [1.807, 2.05) is 0 Å². The number of unbranched alkanes of at least 4 members (excludes halogenated alkanes) is 5. The maximum absolute atomic E-state index is 14.0. The minimum atomic E-state index is -0.707. The molecule has 0 N–H and O–H groups in total. The second-order valence-corrected chi connectivity index (χ2v) is 26.7. The van der Waals surface area contributed by atoms with Crippen molar-refractivity contribution in [3.63, 3.8) is 0 Å². The molecule has 0 aromatic heterocycles. The van der Waals surface area contributed by atoms with E-state index in [1.165, 1.54) is 58.3 Å². The van der Waals surface area contributed by atoms with Crippen LogP contribution in [0.1, 0.15) is 235 Å². The van der Waals surface area contributed by atoms with Crippen molar-refractivity contribution in [2.24, 2.45) is 67.5 Å². The summed E-state index contributed by atoms with van der Waals surface area (Å²) in [6.07, 6.45) is 27.6. The fraction of sp³-hybridized carbons (Fsp3) is 0.900. The Morgan fingerprint density at radius 1 is 0.472 bits per heavy atom. The smallest absolute Gasteiger partial charge is 0.317 e. The molecule has 2 spiro atoms. The fourth-order valence-electron chi connectivity index (χ4n) is 18.9. The van der Waals surface area contributed by atoms with E-state index in [-0.39, 0.29) is 84.1 Å². The van der Waals surface area contributed by atoms with Gasteiger partial charge in [-0.3, -0.25) is 28.8 Å². The van der Waals surface area contributed by atoms with Gasteiger partial charge < -0.3 is 28.4 Å². The molecular formula is C60H94O12. The Hall–Kier alpha value is -3.18. The fourth-order valence-corrected chi connectivity index (χ4v) is 18.9. The first kappa shape index (κ1) is 55.1. The monoisotopic (exact) mass is 1010 g/mol. The van der Waals surface area contributed by atoms with E-state index in [9.17, 15) is 28.8 Å². The van der Waals surface area contributed by atoms with Crippen LogP contribution in [-0.4, -0.2) is 74.5 Å². The molecule has 4 unspecified atom stereocenters. The first-order chi connectivity index (χ1) is 34.2. The Labute approximate surface area is 432 Å². The van der Waals surface area contributed by atoms with Gasteiger partial charge in [-0.25, -0.2) is 0 Å². The van der Waals surface area contributed by atoms with E-state index in [0.29, 0.717) is 42.4 Å². The van der Waals surface area contributed by atoms with Crippen LogP contribution in [0.2, 0.25) is 0 Å². The van der Waals surface area contributed by atoms with Gasteiger partial charge in [-0.05, 0) is 167 Å². The summed E-state index contributed by atoms with van der Waals surface area (Å²) in [4.78, 5) is 75.6. The van der Waals surface area contributed by atoms with Gasteiger partial charge in [0.25, 0.3) is 0 Å². The van der Waals surface area contributed by atoms with Crippen molar-refractivity contribution in [3.8, 4) is 0 Å². The van der Waals surface area contributed by atoms with E-state index in [2.05, 4.69) is 41.5 Å². The van der Waals surface area contributed by atoms with Gasteiger partial charge in [0.1, 0.15) is 18.6 Å². The first-order valence-corrected chi connectivity index (χ1v) is 29.2. The van der Waals surface area contributed by atoms with Gasteiger partial charge in [-0.15, -0.1) is 0 Å². The molecule has 8 aliphatic carbocycles. The quantitative estimate of drug-likeness (QED) is 0.0438. The van der Waals surface area contributed by atoms with Crippen molar-refractivity contribution in [1.82, 2.24) is 0 Å². The van der Waals surface area contributed by atoms with Crippen LogP contribution in [0.4, 0.5) is 0 Å². The highest BCUT2D eigenvalue weighted by atomic mass is 16.6. The van der Waals surface area contributed by atoms with Crippen LogP contribution in [-0.2, 0) is 57.2 Å². The maximum Gasteiger partial charge on any atom is 0.317 e. The molecule has 0 saturated heterocycles. The summed E-state index contributed by atoms with van der Waals surface area (Å²) in [7, 11) is 0. The lowest BCUT2D eigenvalue weighted by atomic mass is 9.40. The molecule has 0 heterocycles. The Morgan fingerprint density at radius 3 is 1.53 bits per heavy atom. The number of carbonyl (C=O) groups is 6. The predicted molar refractivity (Wildman–Crippen MR) is 272 cm³/mol. The van der Waals surface area contributed by atoms with E-state index < -0.39 is 29.7 Å². The Kier molecular flexibility index (Phi) is 17.0. The normalized spacial score (nSPS) is 40.3. The van der Waals surface area contributed by atoms with E-state index in [1.54, 1.807) is 0 Å². The van der Waals surface area contributed by atoms with Crippen LogP contribution in [0.15, 0.2) is 0 Å². The maximum atomic E-state index is 14.0. The van der Waals surface area contributed by atoms with Gasteiger partial charge in [-0.2, -0.15) is 0 Å². The second kappa shape index (κ2) is 22.2. The van der Waals surface area contributed by atoms with Gasteiger partial charge in [0.05, 0.1) is 31.8 Å². The average Bonchev–Trinajstić information content (AvgIpc) is 3.64. The molecule has 8 aliphatic rings. The van der Waals surface area contributed by atoms with E-state index >= 15 is 0 Å². The lowest BCUT2D eigenvalue weighted by Crippen LogP contribution is -2.58. The number of hydrogen-bond donors (Lipinski definition) is 0. The summed E-state index contributed by atoms with van der Waals surface area (Å²) in [6, 6.07) is 0. The van der Waals surface area contributed by atoms with Crippen molar-refractivity contribution in [3.05, 3.63) is 0 Å². The molecular weight excluding hydrogens is 913 g/mol. The largest absolute Gasteiger partial charge is 0.466 e. The van der Waals surface area contributed by atoms with Crippen LogP contribution in [0.5, 0.6) is 0 Å². The Bertz CT molecular complexity index is 1980. The van der Waals surface area contributed by atoms with Gasteiger partial charge in [-0.1, -0.05) is 79.6 Å². The van der Waals surface area contributed by atoms with Crippen molar-refractivity contribution < 1.29 is 57.2 Å². The second-order valence-electron chi connectivity index (χ2n) is 26.7. The highest BCUT2D eigenvalue weighted by Gasteiger charge is 2.70. The summed E-state index contributed by atoms with van der Waals surface area (Å²) in [6.45, 7) is 16.1. The number of carbonyl (C=O) groups excluding carboxylic acids is 6. The lowest BCUT2D eigenvalue weighted by molar-refractivity contribution is -0.188. The molecule has 14 atom stereocenters. The lowest BCUT2D eigenvalue weighted by Gasteiger charge is -2.64. The van der Waals surface area contributed by atoms with Crippen LogP contribution < -0.4 is 0 Å². The Balaban J connectivity index is 0.707. The summed E-state index contributed by atoms with van der Waals surface area (Å²) in [5.74, 6) is 1.11. The molecule has 0 aromatic carbocycles. The van der Waals surface area contributed by atoms with Gasteiger partial charge >= 0.3 is 35.8 Å². The third-order valence-corrected chi connectivity index (χ3v) is 22.1. The van der Waals surface area contributed by atoms with Crippen LogP contribution in [0.25, 0.3) is 0 Å². The van der Waals surface area contributed by atoms with Gasteiger partial charge in [0, 0.05) is 43.4 Å². The summed E-state index contributed by atoms with van der Waals surface area (Å²) >= 11 is 0. The minimum absolute atomic E-state index is 0.00550. The van der Waals surface area contributed by atoms with E-state index in [4.69, 9.17) is 28.4 Å². The highest BCUT2D eigenvalue weighted by Crippen LogP contribution is 2.75. The van der Waals surface area contributed by atoms with Crippen molar-refractivity contribution in [1.29, 1.82) is 0 Å². The third kappa shape index (κ3) is 11.2. The molecule has 406 valence electrons. The molecule has 0 amide bonds. The number of fused-ring (bicyclic) bond motifs is 6. The predicted octanol–water partition coefficient (Wildman–Crippen LogP) is 12.5. The zero-order valence-electron chi connectivity index (χ0n) is 45.8. The molecule has 8 fully saturated rings. The van der Waals surface area contributed by atoms with Gasteiger partial charge in [0.2, 0.25) is 0 Å². The SMILES string of the molecule is CC(=O)OCCCOC(=O)CC(=O)OCCCOC(=O)[C@]1(C)CCC[C@@]2(C)C3CC[C@@]4(C)C[C@]3(CCC21)C[C@H]4OC(=O)CCCCCCCCC(=O)O[C@H]1C[C@@]23CCC4[C@H](C)CCC[C@]4(C)C2CC[C@]1(C)C3. The molecule has 0 aromatic rings. The molecule has 72 heavy (non-hydrogen) atoms. The molecule has 0 aliphatic heterocycles. The highest BCUT2D eigenvalue weighted by molar-refractivity contribution is 5.91. The zero-order valence-corrected chi connectivity index (χ0v) is 45.8.